The molecule has 2 rings (SSSR count). The van der Waals surface area contributed by atoms with Gasteiger partial charge in [0.25, 0.3) is 0 Å². The largest absolute Gasteiger partial charge is 0.450 e. The lowest BCUT2D eigenvalue weighted by Crippen LogP contribution is -2.46. The first-order chi connectivity index (χ1) is 12.9. The van der Waals surface area contributed by atoms with Crippen molar-refractivity contribution in [1.29, 1.82) is 0 Å². The number of benzene rings is 1. The molecule has 9 heteroatoms. The van der Waals surface area contributed by atoms with Gasteiger partial charge in [-0.25, -0.2) is 17.9 Å². The summed E-state index contributed by atoms with van der Waals surface area (Å²) >= 11 is 0. The maximum Gasteiger partial charge on any atom is 0.409 e. The van der Waals surface area contributed by atoms with Crippen molar-refractivity contribution >= 4 is 28.1 Å². The Bertz CT molecular complexity index is 782. The van der Waals surface area contributed by atoms with Crippen LogP contribution in [0.3, 0.4) is 0 Å². The van der Waals surface area contributed by atoms with Crippen LogP contribution in [0.4, 0.5) is 4.79 Å². The Balaban J connectivity index is 1.83. The Morgan fingerprint density at radius 1 is 1.22 bits per heavy atom. The Morgan fingerprint density at radius 3 is 2.41 bits per heavy atom. The number of likely N-dealkylation sites (tertiary alicyclic amines) is 1. The second kappa shape index (κ2) is 9.52. The number of rotatable bonds is 6. The molecular formula is C18H25N3O5S. The van der Waals surface area contributed by atoms with E-state index in [0.717, 1.165) is 5.56 Å². The van der Waals surface area contributed by atoms with E-state index in [4.69, 9.17) is 4.74 Å². The highest BCUT2D eigenvalue weighted by molar-refractivity contribution is 7.89. The van der Waals surface area contributed by atoms with E-state index in [1.165, 1.54) is 25.3 Å². The molecule has 0 spiro atoms. The van der Waals surface area contributed by atoms with Gasteiger partial charge in [-0.3, -0.25) is 4.79 Å². The van der Waals surface area contributed by atoms with E-state index in [9.17, 15) is 18.0 Å². The number of carbonyl (C=O) groups is 2. The number of carbonyl (C=O) groups excluding carboxylic acids is 2. The van der Waals surface area contributed by atoms with Crippen LogP contribution < -0.4 is 10.0 Å². The zero-order valence-corrected chi connectivity index (χ0v) is 16.3. The third-order valence-electron chi connectivity index (χ3n) is 4.25. The fourth-order valence-electron chi connectivity index (χ4n) is 2.72. The van der Waals surface area contributed by atoms with Crippen molar-refractivity contribution in [1.82, 2.24) is 14.9 Å². The van der Waals surface area contributed by atoms with Crippen LogP contribution in [0.5, 0.6) is 0 Å². The number of hydrogen-bond acceptors (Lipinski definition) is 5. The number of hydrogen-bond donors (Lipinski definition) is 2. The minimum absolute atomic E-state index is 0.0102. The molecule has 1 aromatic rings. The Morgan fingerprint density at radius 2 is 1.85 bits per heavy atom. The fraction of sp³-hybridized carbons (Fsp3) is 0.444. The first-order valence-electron chi connectivity index (χ1n) is 8.79. The van der Waals surface area contributed by atoms with Gasteiger partial charge in [0.05, 0.1) is 11.5 Å². The Kier molecular flexibility index (Phi) is 7.37. The monoisotopic (exact) mass is 395 g/mol. The fourth-order valence-corrected chi connectivity index (χ4v) is 3.45. The molecule has 0 aliphatic carbocycles. The number of nitrogens with zero attached hydrogens (tertiary/aromatic N) is 1. The summed E-state index contributed by atoms with van der Waals surface area (Å²) in [5.41, 5.74) is 0.720. The van der Waals surface area contributed by atoms with Crippen LogP contribution in [0.1, 0.15) is 25.3 Å². The van der Waals surface area contributed by atoms with E-state index in [-0.39, 0.29) is 22.9 Å². The van der Waals surface area contributed by atoms with Crippen LogP contribution in [-0.4, -0.2) is 58.1 Å². The molecule has 1 aliphatic heterocycles. The quantitative estimate of drug-likeness (QED) is 0.708. The molecule has 0 atom stereocenters. The summed E-state index contributed by atoms with van der Waals surface area (Å²) in [5, 5.41) is 2.91. The third kappa shape index (κ3) is 6.07. The van der Waals surface area contributed by atoms with Gasteiger partial charge in [-0.05, 0) is 50.6 Å². The van der Waals surface area contributed by atoms with Crippen molar-refractivity contribution in [2.45, 2.75) is 30.7 Å². The molecule has 1 aromatic carbocycles. The van der Waals surface area contributed by atoms with E-state index < -0.39 is 10.0 Å². The molecule has 2 N–H and O–H groups in total. The molecule has 0 saturated carbocycles. The minimum Gasteiger partial charge on any atom is -0.450 e. The van der Waals surface area contributed by atoms with Crippen molar-refractivity contribution in [2.24, 2.45) is 0 Å². The van der Waals surface area contributed by atoms with Crippen LogP contribution in [0.2, 0.25) is 0 Å². The average Bonchev–Trinajstić information content (AvgIpc) is 2.67. The number of amides is 2. The normalized spacial score (nSPS) is 15.7. The molecule has 1 fully saturated rings. The van der Waals surface area contributed by atoms with Gasteiger partial charge in [-0.2, -0.15) is 0 Å². The topological polar surface area (TPSA) is 105 Å². The van der Waals surface area contributed by atoms with Gasteiger partial charge >= 0.3 is 6.09 Å². The number of sulfonamides is 1. The predicted molar refractivity (Wildman–Crippen MR) is 101 cm³/mol. The van der Waals surface area contributed by atoms with Gasteiger partial charge < -0.3 is 15.0 Å². The zero-order chi connectivity index (χ0) is 19.9. The van der Waals surface area contributed by atoms with Gasteiger partial charge in [0, 0.05) is 25.2 Å². The number of ether oxygens (including phenoxy) is 1. The van der Waals surface area contributed by atoms with E-state index in [2.05, 4.69) is 10.0 Å². The van der Waals surface area contributed by atoms with Crippen molar-refractivity contribution in [2.75, 3.05) is 26.7 Å². The molecule has 0 aromatic heterocycles. The van der Waals surface area contributed by atoms with E-state index in [1.54, 1.807) is 30.0 Å². The van der Waals surface area contributed by atoms with Crippen molar-refractivity contribution in [3.05, 3.63) is 35.9 Å². The Hall–Kier alpha value is -2.39. The predicted octanol–water partition coefficient (Wildman–Crippen LogP) is 1.35. The van der Waals surface area contributed by atoms with Crippen molar-refractivity contribution < 1.29 is 22.7 Å². The summed E-state index contributed by atoms with van der Waals surface area (Å²) in [6, 6.07) is 6.23. The smallest absolute Gasteiger partial charge is 0.409 e. The van der Waals surface area contributed by atoms with Crippen LogP contribution in [-0.2, 0) is 19.6 Å². The minimum atomic E-state index is -3.47. The molecule has 148 valence electrons. The van der Waals surface area contributed by atoms with Crippen LogP contribution >= 0.6 is 0 Å². The third-order valence-corrected chi connectivity index (χ3v) is 5.68. The second-order valence-corrected chi connectivity index (χ2v) is 7.97. The summed E-state index contributed by atoms with van der Waals surface area (Å²) in [5.74, 6) is -0.225. The highest BCUT2D eigenvalue weighted by Crippen LogP contribution is 2.13. The molecule has 2 amide bonds. The van der Waals surface area contributed by atoms with E-state index >= 15 is 0 Å². The SMILES string of the molecule is CCOC(=O)N1CCC(NC(=O)/C=C/c2ccc(S(=O)(=O)NC)cc2)CC1. The van der Waals surface area contributed by atoms with Gasteiger partial charge in [0.15, 0.2) is 0 Å². The highest BCUT2D eigenvalue weighted by Gasteiger charge is 2.24. The maximum atomic E-state index is 12.1. The van der Waals surface area contributed by atoms with E-state index in [0.29, 0.717) is 32.5 Å². The number of piperidine rings is 1. The van der Waals surface area contributed by atoms with Gasteiger partial charge in [0.2, 0.25) is 15.9 Å². The maximum absolute atomic E-state index is 12.1. The highest BCUT2D eigenvalue weighted by atomic mass is 32.2. The summed E-state index contributed by atoms with van der Waals surface area (Å²) in [4.78, 5) is 25.5. The summed E-state index contributed by atoms with van der Waals surface area (Å²) in [6.45, 7) is 3.22. The standard InChI is InChI=1S/C18H25N3O5S/c1-3-26-18(23)21-12-10-15(11-13-21)20-17(22)9-6-14-4-7-16(8-5-14)27(24,25)19-2/h4-9,15,19H,3,10-13H2,1-2H3,(H,20,22)/b9-6+. The first kappa shape index (κ1) is 20.9. The molecular weight excluding hydrogens is 370 g/mol. The zero-order valence-electron chi connectivity index (χ0n) is 15.5. The molecule has 0 unspecified atom stereocenters. The lowest BCUT2D eigenvalue weighted by molar-refractivity contribution is -0.117. The molecule has 1 aliphatic rings. The molecule has 1 saturated heterocycles. The summed E-state index contributed by atoms with van der Waals surface area (Å²) < 4.78 is 30.6. The Labute approximate surface area is 159 Å². The molecule has 27 heavy (non-hydrogen) atoms. The lowest BCUT2D eigenvalue weighted by Gasteiger charge is -2.31. The lowest BCUT2D eigenvalue weighted by atomic mass is 10.1. The summed E-state index contributed by atoms with van der Waals surface area (Å²) in [6.07, 6.45) is 4.08. The van der Waals surface area contributed by atoms with E-state index in [1.807, 2.05) is 0 Å². The first-order valence-corrected chi connectivity index (χ1v) is 10.3. The number of nitrogens with one attached hydrogen (secondary N) is 2. The molecule has 0 bridgehead atoms. The van der Waals surface area contributed by atoms with Gasteiger partial charge in [0.1, 0.15) is 0 Å². The van der Waals surface area contributed by atoms with Crippen molar-refractivity contribution in [3.63, 3.8) is 0 Å². The van der Waals surface area contributed by atoms with Crippen LogP contribution in [0.25, 0.3) is 6.08 Å². The second-order valence-electron chi connectivity index (χ2n) is 6.08. The van der Waals surface area contributed by atoms with Crippen LogP contribution in [0.15, 0.2) is 35.2 Å². The van der Waals surface area contributed by atoms with Gasteiger partial charge in [-0.1, -0.05) is 12.1 Å². The van der Waals surface area contributed by atoms with Crippen LogP contribution in [0, 0.1) is 0 Å². The van der Waals surface area contributed by atoms with Gasteiger partial charge in [-0.15, -0.1) is 0 Å². The average molecular weight is 395 g/mol. The van der Waals surface area contributed by atoms with Crippen molar-refractivity contribution in [3.8, 4) is 0 Å². The summed E-state index contributed by atoms with van der Waals surface area (Å²) in [7, 11) is -2.12. The molecule has 1 heterocycles. The molecule has 0 radical (unpaired) electrons. The molecule has 8 nitrogen and oxygen atoms in total.